The lowest BCUT2D eigenvalue weighted by Crippen LogP contribution is -2.46. The summed E-state index contributed by atoms with van der Waals surface area (Å²) in [7, 11) is 0. The van der Waals surface area contributed by atoms with Crippen LogP contribution in [-0.2, 0) is 4.79 Å². The fourth-order valence-electron chi connectivity index (χ4n) is 2.61. The molecule has 0 bridgehead atoms. The van der Waals surface area contributed by atoms with Crippen molar-refractivity contribution in [3.63, 3.8) is 0 Å². The summed E-state index contributed by atoms with van der Waals surface area (Å²) in [5.41, 5.74) is 1.08. The number of rotatable bonds is 2. The average Bonchev–Trinajstić information content (AvgIpc) is 2.30. The minimum Gasteiger partial charge on any atom is -0.391 e. The Balaban J connectivity index is 2.20. The van der Waals surface area contributed by atoms with E-state index < -0.39 is 6.10 Å². The lowest BCUT2D eigenvalue weighted by molar-refractivity contribution is -0.122. The molecule has 1 saturated heterocycles. The molecular weight excluding hydrogens is 238 g/mol. The van der Waals surface area contributed by atoms with Crippen LogP contribution in [0.2, 0.25) is 5.02 Å². The van der Waals surface area contributed by atoms with E-state index in [4.69, 9.17) is 11.6 Å². The number of carbonyl (C=O) groups excluding carboxylic acids is 1. The highest BCUT2D eigenvalue weighted by Gasteiger charge is 2.33. The first-order valence-corrected chi connectivity index (χ1v) is 6.12. The second kappa shape index (κ2) is 5.07. The summed E-state index contributed by atoms with van der Waals surface area (Å²) < 4.78 is 0. The Kier molecular flexibility index (Phi) is 3.69. The van der Waals surface area contributed by atoms with Crippen molar-refractivity contribution in [1.29, 1.82) is 0 Å². The summed E-state index contributed by atoms with van der Waals surface area (Å²) in [6, 6.07) is 7.57. The highest BCUT2D eigenvalue weighted by atomic mass is 35.5. The van der Waals surface area contributed by atoms with E-state index in [1.54, 1.807) is 4.90 Å². The molecule has 1 aromatic carbocycles. The summed E-state index contributed by atoms with van der Waals surface area (Å²) in [6.45, 7) is 3.15. The third kappa shape index (κ3) is 2.61. The van der Waals surface area contributed by atoms with E-state index in [0.717, 1.165) is 12.0 Å². The molecule has 2 rings (SSSR count). The van der Waals surface area contributed by atoms with Gasteiger partial charge in [-0.15, -0.1) is 0 Å². The summed E-state index contributed by atoms with van der Waals surface area (Å²) in [5, 5.41) is 10.8. The molecule has 4 heteroatoms. The Morgan fingerprint density at radius 3 is 2.53 bits per heavy atom. The zero-order valence-corrected chi connectivity index (χ0v) is 10.5. The van der Waals surface area contributed by atoms with Crippen molar-refractivity contribution < 1.29 is 9.90 Å². The molecule has 1 amide bonds. The van der Waals surface area contributed by atoms with Crippen LogP contribution in [0.15, 0.2) is 24.3 Å². The standard InChI is InChI=1S/C13H16ClNO2/c1-9-6-15(8-16)7-12(17)13(9)10-2-4-11(14)5-3-10/h2-5,8-9,12-13,17H,6-7H2,1H3. The van der Waals surface area contributed by atoms with Crippen LogP contribution in [0.3, 0.4) is 0 Å². The van der Waals surface area contributed by atoms with E-state index in [0.29, 0.717) is 18.1 Å². The Morgan fingerprint density at radius 2 is 2.00 bits per heavy atom. The third-order valence-electron chi connectivity index (χ3n) is 3.38. The lowest BCUT2D eigenvalue weighted by atomic mass is 9.80. The van der Waals surface area contributed by atoms with Crippen molar-refractivity contribution in [3.8, 4) is 0 Å². The molecule has 17 heavy (non-hydrogen) atoms. The van der Waals surface area contributed by atoms with Crippen LogP contribution >= 0.6 is 11.6 Å². The molecule has 0 aliphatic carbocycles. The molecule has 0 saturated carbocycles. The largest absolute Gasteiger partial charge is 0.391 e. The average molecular weight is 254 g/mol. The Morgan fingerprint density at radius 1 is 1.35 bits per heavy atom. The topological polar surface area (TPSA) is 40.5 Å². The van der Waals surface area contributed by atoms with Gasteiger partial charge in [-0.05, 0) is 23.6 Å². The van der Waals surface area contributed by atoms with Crippen LogP contribution in [0.1, 0.15) is 18.4 Å². The molecule has 0 spiro atoms. The maximum Gasteiger partial charge on any atom is 0.209 e. The summed E-state index contributed by atoms with van der Waals surface area (Å²) in [5.74, 6) is 0.314. The molecule has 1 heterocycles. The van der Waals surface area contributed by atoms with Crippen molar-refractivity contribution >= 4 is 18.0 Å². The van der Waals surface area contributed by atoms with E-state index in [-0.39, 0.29) is 11.8 Å². The molecule has 3 unspecified atom stereocenters. The van der Waals surface area contributed by atoms with Gasteiger partial charge in [0.05, 0.1) is 6.10 Å². The Labute approximate surface area is 106 Å². The van der Waals surface area contributed by atoms with Gasteiger partial charge in [0.2, 0.25) is 6.41 Å². The molecule has 1 aliphatic rings. The van der Waals surface area contributed by atoms with Crippen LogP contribution < -0.4 is 0 Å². The van der Waals surface area contributed by atoms with Crippen LogP contribution in [0, 0.1) is 5.92 Å². The zero-order chi connectivity index (χ0) is 12.4. The number of aliphatic hydroxyl groups is 1. The first-order chi connectivity index (χ1) is 8.11. The summed E-state index contributed by atoms with van der Waals surface area (Å²) in [6.07, 6.45) is 0.294. The smallest absolute Gasteiger partial charge is 0.209 e. The number of amides is 1. The van der Waals surface area contributed by atoms with Gasteiger partial charge in [-0.25, -0.2) is 0 Å². The van der Waals surface area contributed by atoms with Gasteiger partial charge in [-0.1, -0.05) is 30.7 Å². The maximum atomic E-state index is 10.7. The van der Waals surface area contributed by atoms with Gasteiger partial charge in [0.25, 0.3) is 0 Å². The monoisotopic (exact) mass is 253 g/mol. The highest BCUT2D eigenvalue weighted by molar-refractivity contribution is 6.30. The number of piperidine rings is 1. The normalized spacial score (nSPS) is 29.1. The molecule has 0 aromatic heterocycles. The van der Waals surface area contributed by atoms with E-state index in [9.17, 15) is 9.90 Å². The van der Waals surface area contributed by atoms with Gasteiger partial charge < -0.3 is 10.0 Å². The number of nitrogens with zero attached hydrogens (tertiary/aromatic N) is 1. The molecule has 92 valence electrons. The molecule has 1 fully saturated rings. The Hall–Kier alpha value is -1.06. The van der Waals surface area contributed by atoms with Gasteiger partial charge in [-0.2, -0.15) is 0 Å². The van der Waals surface area contributed by atoms with Crippen LogP contribution in [0.5, 0.6) is 0 Å². The van der Waals surface area contributed by atoms with E-state index >= 15 is 0 Å². The summed E-state index contributed by atoms with van der Waals surface area (Å²) >= 11 is 5.85. The predicted molar refractivity (Wildman–Crippen MR) is 67.0 cm³/mol. The number of hydrogen-bond acceptors (Lipinski definition) is 2. The first-order valence-electron chi connectivity index (χ1n) is 5.74. The highest BCUT2D eigenvalue weighted by Crippen LogP contribution is 2.33. The summed E-state index contributed by atoms with van der Waals surface area (Å²) in [4.78, 5) is 12.4. The maximum absolute atomic E-state index is 10.7. The van der Waals surface area contributed by atoms with Crippen molar-refractivity contribution in [2.45, 2.75) is 18.9 Å². The molecular formula is C13H16ClNO2. The van der Waals surface area contributed by atoms with Crippen molar-refractivity contribution in [2.75, 3.05) is 13.1 Å². The van der Waals surface area contributed by atoms with E-state index in [2.05, 4.69) is 6.92 Å². The van der Waals surface area contributed by atoms with Gasteiger partial charge in [0, 0.05) is 24.0 Å². The molecule has 1 aromatic rings. The molecule has 1 aliphatic heterocycles. The predicted octanol–water partition coefficient (Wildman–Crippen LogP) is 1.89. The fraction of sp³-hybridized carbons (Fsp3) is 0.462. The van der Waals surface area contributed by atoms with Gasteiger partial charge in [0.15, 0.2) is 0 Å². The third-order valence-corrected chi connectivity index (χ3v) is 3.63. The minimum atomic E-state index is -0.509. The number of aliphatic hydroxyl groups excluding tert-OH is 1. The number of β-amino-alcohol motifs (C(OH)–C–C–N with tert-alkyl or cyclic N) is 1. The molecule has 1 N–H and O–H groups in total. The van der Waals surface area contributed by atoms with Gasteiger partial charge in [0.1, 0.15) is 0 Å². The second-order valence-electron chi connectivity index (χ2n) is 4.68. The SMILES string of the molecule is CC1CN(C=O)CC(O)C1c1ccc(Cl)cc1. The van der Waals surface area contributed by atoms with Crippen LogP contribution in [-0.4, -0.2) is 35.6 Å². The molecule has 3 nitrogen and oxygen atoms in total. The number of likely N-dealkylation sites (tertiary alicyclic amines) is 1. The van der Waals surface area contributed by atoms with Crippen molar-refractivity contribution in [2.24, 2.45) is 5.92 Å². The quantitative estimate of drug-likeness (QED) is 0.818. The number of hydrogen-bond donors (Lipinski definition) is 1. The first kappa shape index (κ1) is 12.4. The van der Waals surface area contributed by atoms with Gasteiger partial charge >= 0.3 is 0 Å². The van der Waals surface area contributed by atoms with Crippen molar-refractivity contribution in [3.05, 3.63) is 34.9 Å². The van der Waals surface area contributed by atoms with Gasteiger partial charge in [-0.3, -0.25) is 4.79 Å². The number of halogens is 1. The lowest BCUT2D eigenvalue weighted by Gasteiger charge is -2.39. The zero-order valence-electron chi connectivity index (χ0n) is 9.71. The number of carbonyl (C=O) groups is 1. The fourth-order valence-corrected chi connectivity index (χ4v) is 2.74. The van der Waals surface area contributed by atoms with Crippen molar-refractivity contribution in [1.82, 2.24) is 4.90 Å². The van der Waals surface area contributed by atoms with E-state index in [1.165, 1.54) is 0 Å². The molecule has 3 atom stereocenters. The number of benzene rings is 1. The molecule has 0 radical (unpaired) electrons. The Bertz CT molecular complexity index is 381. The van der Waals surface area contributed by atoms with Crippen LogP contribution in [0.4, 0.5) is 0 Å². The van der Waals surface area contributed by atoms with E-state index in [1.807, 2.05) is 24.3 Å². The van der Waals surface area contributed by atoms with Crippen LogP contribution in [0.25, 0.3) is 0 Å². The minimum absolute atomic E-state index is 0.0727. The second-order valence-corrected chi connectivity index (χ2v) is 5.12.